The Bertz CT molecular complexity index is 1830. The Kier molecular flexibility index (Phi) is 8.60. The van der Waals surface area contributed by atoms with Gasteiger partial charge in [-0.25, -0.2) is 12.8 Å². The number of sulfonamides is 1. The maximum Gasteiger partial charge on any atom is 0.291 e. The van der Waals surface area contributed by atoms with Crippen molar-refractivity contribution in [3.8, 4) is 0 Å². The Labute approximate surface area is 260 Å². The number of carbonyl (C=O) groups is 1. The number of rotatable bonds is 8. The number of allylic oxidation sites excluding steroid dienone is 2. The number of aromatic nitrogens is 1. The molecule has 11 heteroatoms. The number of H-pyrrole nitrogens is 1. The molecule has 1 fully saturated rings. The lowest BCUT2D eigenvalue weighted by atomic mass is 10.0. The standard InChI is InChI=1S/C34H35F3N4O3S/c1-2-16-34(36,37)25-6-3-23(4-7-25)21-40-17-15-32-30(22-40)29-20-24(5-12-31(29)39-32)33(42)38-27-13-18-41(19-14-27)45(43,44)28-10-8-26(35)9-11-28/h2-12,16,20,27,39H,13-15,17-19,21-22H2,1H3,(H,38,42)/b16-2+. The van der Waals surface area contributed by atoms with Crippen LogP contribution in [0.25, 0.3) is 10.9 Å². The van der Waals surface area contributed by atoms with Gasteiger partial charge >= 0.3 is 0 Å². The highest BCUT2D eigenvalue weighted by Crippen LogP contribution is 2.32. The smallest absolute Gasteiger partial charge is 0.291 e. The van der Waals surface area contributed by atoms with Crippen molar-refractivity contribution in [1.82, 2.24) is 19.5 Å². The number of nitrogens with one attached hydrogen (secondary N) is 2. The summed E-state index contributed by atoms with van der Waals surface area (Å²) >= 11 is 0. The Morgan fingerprint density at radius 1 is 1.02 bits per heavy atom. The molecule has 4 aromatic rings. The molecule has 6 rings (SSSR count). The van der Waals surface area contributed by atoms with E-state index in [4.69, 9.17) is 0 Å². The van der Waals surface area contributed by atoms with E-state index in [-0.39, 0.29) is 35.5 Å². The molecule has 2 aliphatic heterocycles. The first kappa shape index (κ1) is 31.1. The van der Waals surface area contributed by atoms with E-state index in [1.807, 2.05) is 12.1 Å². The monoisotopic (exact) mass is 636 g/mol. The molecule has 1 saturated heterocycles. The maximum absolute atomic E-state index is 14.2. The second-order valence-electron chi connectivity index (χ2n) is 11.7. The molecule has 0 aliphatic carbocycles. The number of hydrogen-bond acceptors (Lipinski definition) is 4. The van der Waals surface area contributed by atoms with Crippen molar-refractivity contribution in [3.63, 3.8) is 0 Å². The van der Waals surface area contributed by atoms with E-state index in [2.05, 4.69) is 15.2 Å². The molecule has 236 valence electrons. The number of alkyl halides is 2. The SMILES string of the molecule is C/C=C/C(F)(F)c1ccc(CN2CCc3[nH]c4ccc(C(=O)NC5CCN(S(=O)(=O)c6ccc(F)cc6)CC5)cc4c3C2)cc1. The van der Waals surface area contributed by atoms with Crippen LogP contribution >= 0.6 is 0 Å². The van der Waals surface area contributed by atoms with Crippen LogP contribution in [0.3, 0.4) is 0 Å². The highest BCUT2D eigenvalue weighted by Gasteiger charge is 2.31. The van der Waals surface area contributed by atoms with Crippen molar-refractivity contribution in [2.75, 3.05) is 19.6 Å². The van der Waals surface area contributed by atoms with Gasteiger partial charge in [0.2, 0.25) is 10.0 Å². The van der Waals surface area contributed by atoms with E-state index in [9.17, 15) is 26.4 Å². The minimum atomic E-state index is -3.73. The second-order valence-corrected chi connectivity index (χ2v) is 13.7. The molecule has 0 radical (unpaired) electrons. The van der Waals surface area contributed by atoms with E-state index in [0.29, 0.717) is 31.5 Å². The number of fused-ring (bicyclic) bond motifs is 3. The molecular formula is C34H35F3N4O3S. The fraction of sp³-hybridized carbons (Fsp3) is 0.324. The predicted molar refractivity (Wildman–Crippen MR) is 167 cm³/mol. The molecular weight excluding hydrogens is 601 g/mol. The van der Waals surface area contributed by atoms with Gasteiger partial charge in [-0.3, -0.25) is 9.69 Å². The molecule has 0 spiro atoms. The highest BCUT2D eigenvalue weighted by atomic mass is 32.2. The summed E-state index contributed by atoms with van der Waals surface area (Å²) in [5.74, 6) is -3.71. The van der Waals surface area contributed by atoms with E-state index in [0.717, 1.165) is 58.9 Å². The third-order valence-electron chi connectivity index (χ3n) is 8.68. The van der Waals surface area contributed by atoms with Gasteiger partial charge in [0.15, 0.2) is 0 Å². The number of carbonyl (C=O) groups excluding carboxylic acids is 1. The Morgan fingerprint density at radius 3 is 2.42 bits per heavy atom. The Morgan fingerprint density at radius 2 is 1.73 bits per heavy atom. The number of benzene rings is 3. The van der Waals surface area contributed by atoms with Gasteiger partial charge in [0.05, 0.1) is 4.90 Å². The highest BCUT2D eigenvalue weighted by molar-refractivity contribution is 7.89. The molecule has 3 heterocycles. The van der Waals surface area contributed by atoms with Gasteiger partial charge in [-0.2, -0.15) is 13.1 Å². The average molecular weight is 637 g/mol. The third-order valence-corrected chi connectivity index (χ3v) is 10.6. The molecule has 2 N–H and O–H groups in total. The molecule has 0 bridgehead atoms. The molecule has 0 atom stereocenters. The number of aromatic amines is 1. The quantitative estimate of drug-likeness (QED) is 0.229. The van der Waals surface area contributed by atoms with E-state index >= 15 is 0 Å². The van der Waals surface area contributed by atoms with Crippen molar-refractivity contribution < 1.29 is 26.4 Å². The number of halogens is 3. The lowest BCUT2D eigenvalue weighted by molar-refractivity contribution is 0.0519. The summed E-state index contributed by atoms with van der Waals surface area (Å²) in [4.78, 5) is 19.1. The summed E-state index contributed by atoms with van der Waals surface area (Å²) < 4.78 is 68.9. The van der Waals surface area contributed by atoms with Crippen LogP contribution < -0.4 is 5.32 Å². The average Bonchev–Trinajstić information content (AvgIpc) is 3.39. The predicted octanol–water partition coefficient (Wildman–Crippen LogP) is 6.12. The maximum atomic E-state index is 14.2. The van der Waals surface area contributed by atoms with Gasteiger partial charge in [-0.15, -0.1) is 0 Å². The lowest BCUT2D eigenvalue weighted by Crippen LogP contribution is -2.46. The Balaban J connectivity index is 1.09. The molecule has 1 amide bonds. The summed E-state index contributed by atoms with van der Waals surface area (Å²) in [5, 5.41) is 4.04. The van der Waals surface area contributed by atoms with Crippen LogP contribution in [0.4, 0.5) is 13.2 Å². The first-order valence-electron chi connectivity index (χ1n) is 15.1. The van der Waals surface area contributed by atoms with Crippen LogP contribution in [0, 0.1) is 5.82 Å². The van der Waals surface area contributed by atoms with E-state index in [1.54, 1.807) is 25.1 Å². The van der Waals surface area contributed by atoms with Crippen molar-refractivity contribution in [2.24, 2.45) is 0 Å². The van der Waals surface area contributed by atoms with Gasteiger partial charge in [-0.1, -0.05) is 30.3 Å². The van der Waals surface area contributed by atoms with E-state index in [1.165, 1.54) is 34.6 Å². The zero-order valence-electron chi connectivity index (χ0n) is 24.9. The molecule has 3 aromatic carbocycles. The third kappa shape index (κ3) is 6.56. The van der Waals surface area contributed by atoms with Crippen molar-refractivity contribution >= 4 is 26.8 Å². The molecule has 0 unspecified atom stereocenters. The number of nitrogens with zero attached hydrogens (tertiary/aromatic N) is 2. The molecule has 45 heavy (non-hydrogen) atoms. The lowest BCUT2D eigenvalue weighted by Gasteiger charge is -2.31. The van der Waals surface area contributed by atoms with Gasteiger partial charge < -0.3 is 10.3 Å². The van der Waals surface area contributed by atoms with E-state index < -0.39 is 21.8 Å². The van der Waals surface area contributed by atoms with Crippen LogP contribution in [-0.4, -0.2) is 54.2 Å². The summed E-state index contributed by atoms with van der Waals surface area (Å²) in [6, 6.07) is 16.7. The Hall–Kier alpha value is -3.93. The van der Waals surface area contributed by atoms with Gasteiger partial charge in [0.25, 0.3) is 11.8 Å². The first-order chi connectivity index (χ1) is 21.5. The zero-order valence-corrected chi connectivity index (χ0v) is 25.7. The van der Waals surface area contributed by atoms with Crippen LogP contribution in [-0.2, 0) is 35.5 Å². The van der Waals surface area contributed by atoms with Crippen molar-refractivity contribution in [1.29, 1.82) is 0 Å². The van der Waals surface area contributed by atoms with Crippen molar-refractivity contribution in [2.45, 2.75) is 56.1 Å². The minimum absolute atomic E-state index is 0.0340. The summed E-state index contributed by atoms with van der Waals surface area (Å²) in [5.41, 5.74) is 4.66. The van der Waals surface area contributed by atoms with Crippen molar-refractivity contribution in [3.05, 3.63) is 113 Å². The fourth-order valence-corrected chi connectivity index (χ4v) is 7.68. The minimum Gasteiger partial charge on any atom is -0.358 e. The molecule has 2 aliphatic rings. The topological polar surface area (TPSA) is 85.5 Å². The summed E-state index contributed by atoms with van der Waals surface area (Å²) in [6.45, 7) is 4.19. The van der Waals surface area contributed by atoms with Gasteiger partial charge in [0.1, 0.15) is 5.82 Å². The summed E-state index contributed by atoms with van der Waals surface area (Å²) in [6.07, 6.45) is 4.00. The number of amides is 1. The van der Waals surface area contributed by atoms with Crippen LogP contribution in [0.2, 0.25) is 0 Å². The summed E-state index contributed by atoms with van der Waals surface area (Å²) in [7, 11) is -3.73. The molecule has 1 aromatic heterocycles. The molecule has 7 nitrogen and oxygen atoms in total. The zero-order chi connectivity index (χ0) is 31.8. The molecule has 0 saturated carbocycles. The largest absolute Gasteiger partial charge is 0.358 e. The van der Waals surface area contributed by atoms with Crippen LogP contribution in [0.1, 0.15) is 52.5 Å². The first-order valence-corrected chi connectivity index (χ1v) is 16.5. The van der Waals surface area contributed by atoms with Gasteiger partial charge in [0, 0.05) is 72.9 Å². The van der Waals surface area contributed by atoms with Crippen LogP contribution in [0.15, 0.2) is 83.8 Å². The van der Waals surface area contributed by atoms with Gasteiger partial charge in [-0.05, 0) is 79.4 Å². The number of hydrogen-bond donors (Lipinski definition) is 2. The second kappa shape index (κ2) is 12.5. The fourth-order valence-electron chi connectivity index (χ4n) is 6.21. The normalized spacial score (nSPS) is 17.2. The van der Waals surface area contributed by atoms with Crippen LogP contribution in [0.5, 0.6) is 0 Å². The number of piperidine rings is 1.